The fourth-order valence-electron chi connectivity index (χ4n) is 2.36. The van der Waals surface area contributed by atoms with Crippen LogP contribution in [-0.2, 0) is 10.4 Å². The minimum Gasteiger partial charge on any atom is -0.463 e. The lowest BCUT2D eigenvalue weighted by Gasteiger charge is -2.19. The zero-order chi connectivity index (χ0) is 18.3. The summed E-state index contributed by atoms with van der Waals surface area (Å²) < 4.78 is 5.50. The van der Waals surface area contributed by atoms with Crippen LogP contribution in [0.25, 0.3) is 0 Å². The van der Waals surface area contributed by atoms with E-state index < -0.39 is 5.60 Å². The monoisotopic (exact) mass is 478 g/mol. The molecule has 1 saturated carbocycles. The Bertz CT molecular complexity index is 597. The van der Waals surface area contributed by atoms with Crippen LogP contribution in [0.3, 0.4) is 0 Å². The minimum atomic E-state index is -1.17. The minimum absolute atomic E-state index is 0. The fourth-order valence-corrected chi connectivity index (χ4v) is 2.36. The van der Waals surface area contributed by atoms with Gasteiger partial charge < -0.3 is 25.5 Å². The number of nitrogens with one attached hydrogen (secondary N) is 3. The molecule has 0 bridgehead atoms. The number of amides is 1. The van der Waals surface area contributed by atoms with Crippen molar-refractivity contribution in [2.45, 2.75) is 58.1 Å². The molecule has 1 aliphatic rings. The van der Waals surface area contributed by atoms with Crippen LogP contribution in [0.5, 0.6) is 0 Å². The molecule has 1 heterocycles. The zero-order valence-corrected chi connectivity index (χ0v) is 18.1. The van der Waals surface area contributed by atoms with Crippen LogP contribution in [-0.4, -0.2) is 42.6 Å². The van der Waals surface area contributed by atoms with Crippen LogP contribution >= 0.6 is 24.0 Å². The smallest absolute Gasteiger partial charge is 0.220 e. The Morgan fingerprint density at radius 3 is 2.69 bits per heavy atom. The summed E-state index contributed by atoms with van der Waals surface area (Å²) in [4.78, 5) is 16.1. The first kappa shape index (κ1) is 22.8. The van der Waals surface area contributed by atoms with Crippen molar-refractivity contribution in [1.82, 2.24) is 16.0 Å². The van der Waals surface area contributed by atoms with Gasteiger partial charge in [-0.25, -0.2) is 4.99 Å². The van der Waals surface area contributed by atoms with Crippen molar-refractivity contribution in [3.8, 4) is 0 Å². The van der Waals surface area contributed by atoms with Gasteiger partial charge in [0.2, 0.25) is 5.91 Å². The van der Waals surface area contributed by atoms with Gasteiger partial charge in [0.1, 0.15) is 17.1 Å². The second-order valence-electron chi connectivity index (χ2n) is 6.75. The van der Waals surface area contributed by atoms with Gasteiger partial charge in [-0.2, -0.15) is 0 Å². The van der Waals surface area contributed by atoms with Gasteiger partial charge in [-0.05, 0) is 52.2 Å². The van der Waals surface area contributed by atoms with Crippen LogP contribution < -0.4 is 16.0 Å². The van der Waals surface area contributed by atoms with Gasteiger partial charge in [-0.15, -0.1) is 24.0 Å². The first-order valence-electron chi connectivity index (χ1n) is 9.01. The molecule has 7 nitrogen and oxygen atoms in total. The highest BCUT2D eigenvalue weighted by atomic mass is 127. The quantitative estimate of drug-likeness (QED) is 0.189. The first-order valence-corrected chi connectivity index (χ1v) is 9.01. The molecule has 0 radical (unpaired) electrons. The van der Waals surface area contributed by atoms with E-state index in [0.29, 0.717) is 30.7 Å². The van der Waals surface area contributed by atoms with Crippen molar-refractivity contribution >= 4 is 35.8 Å². The Balaban J connectivity index is 0.00000338. The van der Waals surface area contributed by atoms with E-state index in [1.165, 1.54) is 0 Å². The van der Waals surface area contributed by atoms with Crippen molar-refractivity contribution in [2.24, 2.45) is 4.99 Å². The second kappa shape index (κ2) is 10.8. The first-order chi connectivity index (χ1) is 11.9. The molecule has 0 saturated heterocycles. The third-order valence-corrected chi connectivity index (χ3v) is 3.98. The lowest BCUT2D eigenvalue weighted by atomic mass is 10.0. The number of halogens is 1. The summed E-state index contributed by atoms with van der Waals surface area (Å²) in [6.45, 7) is 7.04. The van der Waals surface area contributed by atoms with Crippen molar-refractivity contribution in [1.29, 1.82) is 0 Å². The largest absolute Gasteiger partial charge is 0.463 e. The number of rotatable bonds is 9. The van der Waals surface area contributed by atoms with Crippen LogP contribution in [0.15, 0.2) is 21.5 Å². The summed E-state index contributed by atoms with van der Waals surface area (Å²) >= 11 is 0. The SMILES string of the molecule is CCNC(=NCC(C)(O)c1ccc(C)o1)NCCCC(=O)NC1CC1.I. The molecule has 148 valence electrons. The molecule has 26 heavy (non-hydrogen) atoms. The van der Waals surface area contributed by atoms with Gasteiger partial charge in [0.15, 0.2) is 5.96 Å². The molecule has 1 atom stereocenters. The Hall–Kier alpha value is -1.29. The van der Waals surface area contributed by atoms with Gasteiger partial charge in [-0.3, -0.25) is 4.79 Å². The average molecular weight is 478 g/mol. The van der Waals surface area contributed by atoms with E-state index >= 15 is 0 Å². The summed E-state index contributed by atoms with van der Waals surface area (Å²) in [6, 6.07) is 4.00. The second-order valence-corrected chi connectivity index (χ2v) is 6.75. The number of carbonyl (C=O) groups excluding carboxylic acids is 1. The third kappa shape index (κ3) is 7.94. The maximum absolute atomic E-state index is 11.7. The summed E-state index contributed by atoms with van der Waals surface area (Å²) in [6.07, 6.45) is 3.45. The molecule has 1 aromatic heterocycles. The molecule has 1 amide bonds. The van der Waals surface area contributed by atoms with E-state index in [2.05, 4.69) is 20.9 Å². The Morgan fingerprint density at radius 1 is 1.38 bits per heavy atom. The lowest BCUT2D eigenvalue weighted by molar-refractivity contribution is -0.121. The van der Waals surface area contributed by atoms with Crippen LogP contribution in [0, 0.1) is 6.92 Å². The molecule has 2 rings (SSSR count). The molecule has 0 spiro atoms. The highest BCUT2D eigenvalue weighted by Crippen LogP contribution is 2.23. The summed E-state index contributed by atoms with van der Waals surface area (Å²) in [5.41, 5.74) is -1.17. The summed E-state index contributed by atoms with van der Waals surface area (Å²) in [5, 5.41) is 19.8. The van der Waals surface area contributed by atoms with Gasteiger partial charge in [-0.1, -0.05) is 0 Å². The number of aliphatic imine (C=N–C) groups is 1. The Kier molecular flexibility index (Phi) is 9.42. The number of aryl methyl sites for hydroxylation is 1. The molecule has 1 aliphatic carbocycles. The topological polar surface area (TPSA) is 98.9 Å². The lowest BCUT2D eigenvalue weighted by Crippen LogP contribution is -2.39. The maximum Gasteiger partial charge on any atom is 0.220 e. The number of hydrogen-bond acceptors (Lipinski definition) is 4. The molecule has 0 aliphatic heterocycles. The summed E-state index contributed by atoms with van der Waals surface area (Å²) in [5.74, 6) is 1.99. The Morgan fingerprint density at radius 2 is 2.12 bits per heavy atom. The molecular weight excluding hydrogens is 447 g/mol. The van der Waals surface area contributed by atoms with E-state index in [0.717, 1.165) is 31.6 Å². The fraction of sp³-hybridized carbons (Fsp3) is 0.667. The van der Waals surface area contributed by atoms with Crippen LogP contribution in [0.1, 0.15) is 51.1 Å². The third-order valence-electron chi connectivity index (χ3n) is 3.98. The number of nitrogens with zero attached hydrogens (tertiary/aromatic N) is 1. The molecule has 4 N–H and O–H groups in total. The molecule has 1 aromatic rings. The molecule has 0 aromatic carbocycles. The van der Waals surface area contributed by atoms with Crippen molar-refractivity contribution < 1.29 is 14.3 Å². The highest BCUT2D eigenvalue weighted by Gasteiger charge is 2.26. The normalized spacial score (nSPS) is 16.4. The van der Waals surface area contributed by atoms with E-state index in [1.54, 1.807) is 13.0 Å². The number of carbonyl (C=O) groups is 1. The van der Waals surface area contributed by atoms with Crippen molar-refractivity contribution in [3.63, 3.8) is 0 Å². The number of guanidine groups is 1. The standard InChI is InChI=1S/C18H30N4O3.HI/c1-4-19-17(20-11-5-6-16(23)22-14-8-9-14)21-12-18(3,24)15-10-7-13(2)25-15;/h7,10,14,24H,4-6,8-9,11-12H2,1-3H3,(H,22,23)(H2,19,20,21);1H. The van der Waals surface area contributed by atoms with Gasteiger partial charge in [0, 0.05) is 25.6 Å². The van der Waals surface area contributed by atoms with Gasteiger partial charge in [0.25, 0.3) is 0 Å². The maximum atomic E-state index is 11.7. The predicted octanol–water partition coefficient (Wildman–Crippen LogP) is 2.03. The van der Waals surface area contributed by atoms with Crippen molar-refractivity contribution in [3.05, 3.63) is 23.7 Å². The molecule has 1 fully saturated rings. The molecular formula is C18H31IN4O3. The van der Waals surface area contributed by atoms with Crippen LogP contribution in [0.2, 0.25) is 0 Å². The number of aliphatic hydroxyl groups is 1. The van der Waals surface area contributed by atoms with Crippen LogP contribution in [0.4, 0.5) is 0 Å². The molecule has 1 unspecified atom stereocenters. The highest BCUT2D eigenvalue weighted by molar-refractivity contribution is 14.0. The van der Waals surface area contributed by atoms with Gasteiger partial charge >= 0.3 is 0 Å². The van der Waals surface area contributed by atoms with E-state index in [4.69, 9.17) is 4.42 Å². The van der Waals surface area contributed by atoms with E-state index in [9.17, 15) is 9.90 Å². The van der Waals surface area contributed by atoms with Crippen molar-refractivity contribution in [2.75, 3.05) is 19.6 Å². The van der Waals surface area contributed by atoms with Gasteiger partial charge in [0.05, 0.1) is 6.54 Å². The zero-order valence-electron chi connectivity index (χ0n) is 15.8. The van der Waals surface area contributed by atoms with E-state index in [1.807, 2.05) is 19.9 Å². The number of furan rings is 1. The van der Waals surface area contributed by atoms with E-state index in [-0.39, 0.29) is 36.4 Å². The molecule has 8 heteroatoms. The predicted molar refractivity (Wildman–Crippen MR) is 113 cm³/mol. The number of hydrogen-bond donors (Lipinski definition) is 4. The summed E-state index contributed by atoms with van der Waals surface area (Å²) in [7, 11) is 0. The Labute approximate surface area is 172 Å². The average Bonchev–Trinajstić information content (AvgIpc) is 3.25.